The van der Waals surface area contributed by atoms with Crippen LogP contribution in [-0.2, 0) is 11.2 Å². The van der Waals surface area contributed by atoms with Crippen LogP contribution in [0.15, 0.2) is 48.1 Å². The minimum absolute atomic E-state index is 0.0300. The third-order valence-corrected chi connectivity index (χ3v) is 2.57. The predicted octanol–water partition coefficient (Wildman–Crippen LogP) is 0.752. The highest BCUT2D eigenvalue weighted by Crippen LogP contribution is 2.07. The first-order valence-corrected chi connectivity index (χ1v) is 5.81. The molecule has 1 aromatic heterocycles. The molecule has 7 heteroatoms. The third-order valence-electron chi connectivity index (χ3n) is 2.57. The number of hydrogen-bond acceptors (Lipinski definition) is 5. The maximum atomic E-state index is 11.8. The van der Waals surface area contributed by atoms with E-state index in [9.17, 15) is 4.79 Å². The Kier molecular flexibility index (Phi) is 4.23. The Morgan fingerprint density at radius 1 is 1.25 bits per heavy atom. The molecule has 0 spiro atoms. The fraction of sp³-hybridized carbons (Fsp3) is 0.0769. The summed E-state index contributed by atoms with van der Waals surface area (Å²) in [4.78, 5) is 19.4. The standard InChI is InChI=1S/C13H13N5O2/c14-13(18-20)10-3-1-9(2-4-10)5-12(19)17-11-6-15-8-16-7-11/h1-4,6-8,20H,5H2,(H2,14,18)(H,17,19). The van der Waals surface area contributed by atoms with Gasteiger partial charge in [-0.3, -0.25) is 4.79 Å². The molecule has 0 bridgehead atoms. The molecule has 7 nitrogen and oxygen atoms in total. The Morgan fingerprint density at radius 2 is 1.90 bits per heavy atom. The number of carbonyl (C=O) groups excluding carboxylic acids is 1. The van der Waals surface area contributed by atoms with Crippen molar-refractivity contribution in [2.75, 3.05) is 5.32 Å². The van der Waals surface area contributed by atoms with Crippen molar-refractivity contribution >= 4 is 17.4 Å². The lowest BCUT2D eigenvalue weighted by molar-refractivity contribution is -0.115. The molecule has 0 unspecified atom stereocenters. The van der Waals surface area contributed by atoms with Crippen molar-refractivity contribution in [1.29, 1.82) is 0 Å². The second kappa shape index (κ2) is 6.28. The summed E-state index contributed by atoms with van der Waals surface area (Å²) >= 11 is 0. The van der Waals surface area contributed by atoms with Crippen molar-refractivity contribution < 1.29 is 10.0 Å². The Hall–Kier alpha value is -2.96. The van der Waals surface area contributed by atoms with Gasteiger partial charge in [-0.25, -0.2) is 9.97 Å². The van der Waals surface area contributed by atoms with E-state index in [2.05, 4.69) is 20.4 Å². The van der Waals surface area contributed by atoms with Gasteiger partial charge < -0.3 is 16.3 Å². The number of oxime groups is 1. The highest BCUT2D eigenvalue weighted by molar-refractivity contribution is 5.97. The fourth-order valence-electron chi connectivity index (χ4n) is 1.61. The van der Waals surface area contributed by atoms with E-state index in [0.29, 0.717) is 11.3 Å². The van der Waals surface area contributed by atoms with Crippen LogP contribution in [0, 0.1) is 0 Å². The van der Waals surface area contributed by atoms with E-state index in [1.165, 1.54) is 18.7 Å². The van der Waals surface area contributed by atoms with Crippen LogP contribution in [0.4, 0.5) is 5.69 Å². The predicted molar refractivity (Wildman–Crippen MR) is 73.3 cm³/mol. The molecule has 1 heterocycles. The monoisotopic (exact) mass is 271 g/mol. The molecular formula is C13H13N5O2. The van der Waals surface area contributed by atoms with Crippen molar-refractivity contribution in [3.8, 4) is 0 Å². The van der Waals surface area contributed by atoms with Crippen LogP contribution < -0.4 is 11.1 Å². The lowest BCUT2D eigenvalue weighted by Gasteiger charge is -2.05. The van der Waals surface area contributed by atoms with Gasteiger partial charge >= 0.3 is 0 Å². The van der Waals surface area contributed by atoms with E-state index >= 15 is 0 Å². The molecule has 0 aliphatic heterocycles. The smallest absolute Gasteiger partial charge is 0.228 e. The Morgan fingerprint density at radius 3 is 2.50 bits per heavy atom. The van der Waals surface area contributed by atoms with Gasteiger partial charge in [-0.15, -0.1) is 0 Å². The van der Waals surface area contributed by atoms with Crippen LogP contribution >= 0.6 is 0 Å². The largest absolute Gasteiger partial charge is 0.409 e. The topological polar surface area (TPSA) is 113 Å². The highest BCUT2D eigenvalue weighted by Gasteiger charge is 2.05. The lowest BCUT2D eigenvalue weighted by atomic mass is 10.1. The van der Waals surface area contributed by atoms with Crippen LogP contribution in [0.5, 0.6) is 0 Å². The molecule has 0 fully saturated rings. The Bertz CT molecular complexity index is 610. The maximum Gasteiger partial charge on any atom is 0.228 e. The summed E-state index contributed by atoms with van der Waals surface area (Å²) in [6.07, 6.45) is 4.64. The summed E-state index contributed by atoms with van der Waals surface area (Å²) in [6, 6.07) is 6.86. The summed E-state index contributed by atoms with van der Waals surface area (Å²) in [6.45, 7) is 0. The molecule has 4 N–H and O–H groups in total. The van der Waals surface area contributed by atoms with Crippen LogP contribution in [0.3, 0.4) is 0 Å². The number of benzene rings is 1. The van der Waals surface area contributed by atoms with Gasteiger partial charge in [-0.05, 0) is 5.56 Å². The molecular weight excluding hydrogens is 258 g/mol. The molecule has 1 amide bonds. The first-order valence-electron chi connectivity index (χ1n) is 5.81. The first kappa shape index (κ1) is 13.5. The molecule has 2 rings (SSSR count). The molecule has 2 aromatic rings. The van der Waals surface area contributed by atoms with Crippen molar-refractivity contribution in [3.63, 3.8) is 0 Å². The van der Waals surface area contributed by atoms with Gasteiger partial charge in [-0.2, -0.15) is 0 Å². The summed E-state index contributed by atoms with van der Waals surface area (Å²) in [5.41, 5.74) is 7.41. The van der Waals surface area contributed by atoms with E-state index in [1.807, 2.05) is 0 Å². The summed E-state index contributed by atoms with van der Waals surface area (Å²) in [5.74, 6) is -0.140. The Balaban J connectivity index is 1.98. The zero-order valence-corrected chi connectivity index (χ0v) is 10.5. The number of anilines is 1. The van der Waals surface area contributed by atoms with Gasteiger partial charge in [0, 0.05) is 5.56 Å². The normalized spacial score (nSPS) is 11.1. The van der Waals surface area contributed by atoms with Crippen molar-refractivity contribution in [1.82, 2.24) is 9.97 Å². The van der Waals surface area contributed by atoms with E-state index in [0.717, 1.165) is 5.56 Å². The molecule has 0 aliphatic carbocycles. The van der Waals surface area contributed by atoms with Crippen LogP contribution in [0.25, 0.3) is 0 Å². The highest BCUT2D eigenvalue weighted by atomic mass is 16.4. The lowest BCUT2D eigenvalue weighted by Crippen LogP contribution is -2.15. The molecule has 102 valence electrons. The van der Waals surface area contributed by atoms with Gasteiger partial charge in [0.2, 0.25) is 5.91 Å². The van der Waals surface area contributed by atoms with Gasteiger partial charge in [0.15, 0.2) is 5.84 Å². The van der Waals surface area contributed by atoms with Crippen LogP contribution in [-0.4, -0.2) is 26.9 Å². The second-order valence-electron chi connectivity index (χ2n) is 4.03. The zero-order chi connectivity index (χ0) is 14.4. The van der Waals surface area contributed by atoms with Crippen LogP contribution in [0.2, 0.25) is 0 Å². The average Bonchev–Trinajstić information content (AvgIpc) is 2.48. The van der Waals surface area contributed by atoms with Gasteiger partial charge in [-0.1, -0.05) is 29.4 Å². The third kappa shape index (κ3) is 3.52. The van der Waals surface area contributed by atoms with Crippen molar-refractivity contribution in [2.45, 2.75) is 6.42 Å². The number of amidine groups is 1. The Labute approximate surface area is 115 Å². The zero-order valence-electron chi connectivity index (χ0n) is 10.5. The molecule has 0 atom stereocenters. The minimum atomic E-state index is -0.170. The number of nitrogens with zero attached hydrogens (tertiary/aromatic N) is 3. The van der Waals surface area contributed by atoms with Gasteiger partial charge in [0.05, 0.1) is 24.5 Å². The first-order chi connectivity index (χ1) is 9.69. The number of rotatable bonds is 4. The molecule has 0 saturated carbocycles. The van der Waals surface area contributed by atoms with E-state index in [4.69, 9.17) is 10.9 Å². The number of carbonyl (C=O) groups is 1. The molecule has 1 aromatic carbocycles. The second-order valence-corrected chi connectivity index (χ2v) is 4.03. The number of amides is 1. The summed E-state index contributed by atoms with van der Waals surface area (Å²) < 4.78 is 0. The number of nitrogens with one attached hydrogen (secondary N) is 1. The number of nitrogens with two attached hydrogens (primary N) is 1. The fourth-order valence-corrected chi connectivity index (χ4v) is 1.61. The average molecular weight is 271 g/mol. The molecule has 0 saturated heterocycles. The van der Waals surface area contributed by atoms with Gasteiger partial charge in [0.25, 0.3) is 0 Å². The molecule has 20 heavy (non-hydrogen) atoms. The summed E-state index contributed by atoms with van der Waals surface area (Å²) in [5, 5.41) is 14.1. The minimum Gasteiger partial charge on any atom is -0.409 e. The van der Waals surface area contributed by atoms with E-state index < -0.39 is 0 Å². The summed E-state index contributed by atoms with van der Waals surface area (Å²) in [7, 11) is 0. The van der Waals surface area contributed by atoms with Crippen molar-refractivity contribution in [3.05, 3.63) is 54.1 Å². The number of aromatic nitrogens is 2. The maximum absolute atomic E-state index is 11.8. The molecule has 0 aliphatic rings. The van der Waals surface area contributed by atoms with Crippen LogP contribution in [0.1, 0.15) is 11.1 Å². The quantitative estimate of drug-likeness (QED) is 0.328. The van der Waals surface area contributed by atoms with Crippen molar-refractivity contribution in [2.24, 2.45) is 10.9 Å². The van der Waals surface area contributed by atoms with E-state index in [1.54, 1.807) is 24.3 Å². The SMILES string of the molecule is N/C(=N/O)c1ccc(CC(=O)Nc2cncnc2)cc1. The number of hydrogen-bond donors (Lipinski definition) is 3. The molecule has 0 radical (unpaired) electrons. The van der Waals surface area contributed by atoms with E-state index in [-0.39, 0.29) is 18.2 Å². The van der Waals surface area contributed by atoms with Gasteiger partial charge in [0.1, 0.15) is 6.33 Å².